The van der Waals surface area contributed by atoms with Gasteiger partial charge in [0.25, 0.3) is 0 Å². The molecule has 0 rings (SSSR count). The third-order valence-corrected chi connectivity index (χ3v) is 12.5. The molecule has 0 radical (unpaired) electrons. The van der Waals surface area contributed by atoms with Crippen LogP contribution < -0.4 is 5.32 Å². The van der Waals surface area contributed by atoms with Crippen molar-refractivity contribution in [2.24, 2.45) is 0 Å². The summed E-state index contributed by atoms with van der Waals surface area (Å²) in [6.07, 6.45) is 66.8. The quantitative estimate of drug-likeness (QED) is 0.0321. The summed E-state index contributed by atoms with van der Waals surface area (Å²) in [6, 6.07) is -0.728. The highest BCUT2D eigenvalue weighted by Gasteiger charge is 2.24. The summed E-state index contributed by atoms with van der Waals surface area (Å²) in [7, 11) is 0. The summed E-state index contributed by atoms with van der Waals surface area (Å²) in [6.45, 7) is 6.34. The van der Waals surface area contributed by atoms with Crippen LogP contribution in [0.15, 0.2) is 72.9 Å². The highest BCUT2D eigenvalue weighted by atomic mass is 16.5. The normalized spacial score (nSPS) is 13.7. The minimum absolute atomic E-state index is 0.0267. The Kier molecular flexibility index (Phi) is 50.1. The molecular formula is C59H105NO5. The second kappa shape index (κ2) is 52.3. The minimum Gasteiger partial charge on any atom is -0.462 e. The summed E-state index contributed by atoms with van der Waals surface area (Å²) < 4.78 is 5.91. The lowest BCUT2D eigenvalue weighted by Crippen LogP contribution is -2.46. The maximum atomic E-state index is 13.2. The molecule has 0 aliphatic carbocycles. The zero-order valence-electron chi connectivity index (χ0n) is 42.9. The second-order valence-electron chi connectivity index (χ2n) is 18.8. The molecule has 1 amide bonds. The molecule has 0 fully saturated rings. The van der Waals surface area contributed by atoms with E-state index in [0.717, 1.165) is 57.8 Å². The van der Waals surface area contributed by atoms with Crippen LogP contribution in [-0.4, -0.2) is 46.9 Å². The Morgan fingerprint density at radius 2 is 0.831 bits per heavy atom. The van der Waals surface area contributed by atoms with Crippen LogP contribution in [0.4, 0.5) is 0 Å². The van der Waals surface area contributed by atoms with Gasteiger partial charge in [0, 0.05) is 6.42 Å². The van der Waals surface area contributed by atoms with E-state index in [-0.39, 0.29) is 24.9 Å². The number of carbonyl (C=O) groups is 2. The topological polar surface area (TPSA) is 95.9 Å². The highest BCUT2D eigenvalue weighted by molar-refractivity contribution is 5.77. The lowest BCUT2D eigenvalue weighted by Gasteiger charge is -2.24. The predicted molar refractivity (Wildman–Crippen MR) is 282 cm³/mol. The second-order valence-corrected chi connectivity index (χ2v) is 18.8. The van der Waals surface area contributed by atoms with Gasteiger partial charge in [0.1, 0.15) is 6.10 Å². The van der Waals surface area contributed by atoms with Crippen LogP contribution in [0.3, 0.4) is 0 Å². The number of allylic oxidation sites excluding steroid dienone is 12. The number of ether oxygens (including phenoxy) is 1. The Hall–Kier alpha value is -2.70. The molecule has 0 aromatic rings. The number of esters is 1. The molecule has 0 saturated heterocycles. The molecule has 65 heavy (non-hydrogen) atoms. The van der Waals surface area contributed by atoms with E-state index in [1.807, 2.05) is 60.8 Å². The summed E-state index contributed by atoms with van der Waals surface area (Å²) in [4.78, 5) is 26.2. The average molecular weight is 908 g/mol. The van der Waals surface area contributed by atoms with E-state index in [9.17, 15) is 19.8 Å². The standard InChI is InChI=1S/C59H105NO5/c1-4-7-10-13-16-19-22-25-28-31-33-36-39-42-45-48-51-57(62)56(54-61)60-58(63)53-55(50-47-44-41-38-35-32-29-26-23-20-17-14-11-8-5-2)65-59(64)52-49-46-43-40-37-34-30-27-24-21-18-15-12-9-6-3/h8,11,14,17,20,23,26,29,32,35,38,41,55-57,61-62H,4-7,9-10,12-13,15-16,18-19,21-22,24-25,27-28,30-31,33-34,36-37,39-40,42-54H2,1-3H3,(H,60,63)/b11-8-,17-14+,23-20+,29-26-,35-32+,41-38+. The van der Waals surface area contributed by atoms with Crippen molar-refractivity contribution in [1.82, 2.24) is 5.32 Å². The first-order valence-electron chi connectivity index (χ1n) is 27.7. The number of nitrogens with one attached hydrogen (secondary N) is 1. The molecule has 0 aliphatic heterocycles. The molecule has 0 saturated carbocycles. The van der Waals surface area contributed by atoms with E-state index in [1.165, 1.54) is 161 Å². The molecule has 3 unspecified atom stereocenters. The molecule has 0 bridgehead atoms. The van der Waals surface area contributed by atoms with Gasteiger partial charge in [0.2, 0.25) is 5.91 Å². The zero-order chi connectivity index (χ0) is 47.4. The molecule has 6 heteroatoms. The zero-order valence-corrected chi connectivity index (χ0v) is 42.9. The first-order valence-corrected chi connectivity index (χ1v) is 27.7. The van der Waals surface area contributed by atoms with Crippen molar-refractivity contribution in [1.29, 1.82) is 0 Å². The fourth-order valence-electron chi connectivity index (χ4n) is 8.29. The van der Waals surface area contributed by atoms with Crippen molar-refractivity contribution < 1.29 is 24.5 Å². The summed E-state index contributed by atoms with van der Waals surface area (Å²) in [5.74, 6) is -0.543. The van der Waals surface area contributed by atoms with Crippen LogP contribution in [0.25, 0.3) is 0 Å². The molecule has 6 nitrogen and oxygen atoms in total. The van der Waals surface area contributed by atoms with Gasteiger partial charge in [-0.25, -0.2) is 0 Å². The van der Waals surface area contributed by atoms with E-state index in [1.54, 1.807) is 0 Å². The predicted octanol–water partition coefficient (Wildman–Crippen LogP) is 17.0. The molecule has 3 atom stereocenters. The summed E-state index contributed by atoms with van der Waals surface area (Å²) in [5, 5.41) is 23.8. The first-order chi connectivity index (χ1) is 32.0. The lowest BCUT2D eigenvalue weighted by atomic mass is 10.0. The minimum atomic E-state index is -0.810. The smallest absolute Gasteiger partial charge is 0.306 e. The lowest BCUT2D eigenvalue weighted by molar-refractivity contribution is -0.151. The fourth-order valence-corrected chi connectivity index (χ4v) is 8.29. The van der Waals surface area contributed by atoms with Crippen LogP contribution in [0.1, 0.15) is 265 Å². The first kappa shape index (κ1) is 62.3. The van der Waals surface area contributed by atoms with Gasteiger partial charge in [0.05, 0.1) is 25.2 Å². The van der Waals surface area contributed by atoms with E-state index in [4.69, 9.17) is 4.74 Å². The van der Waals surface area contributed by atoms with Gasteiger partial charge < -0.3 is 20.3 Å². The number of carbonyl (C=O) groups excluding carboxylic acids is 2. The van der Waals surface area contributed by atoms with Gasteiger partial charge in [-0.2, -0.15) is 0 Å². The van der Waals surface area contributed by atoms with E-state index in [2.05, 4.69) is 38.2 Å². The van der Waals surface area contributed by atoms with Crippen LogP contribution >= 0.6 is 0 Å². The fraction of sp³-hybridized carbons (Fsp3) is 0.763. The largest absolute Gasteiger partial charge is 0.462 e. The van der Waals surface area contributed by atoms with Crippen molar-refractivity contribution in [2.75, 3.05) is 6.61 Å². The molecule has 3 N–H and O–H groups in total. The Morgan fingerprint density at radius 3 is 1.23 bits per heavy atom. The van der Waals surface area contributed by atoms with Gasteiger partial charge in [-0.1, -0.05) is 286 Å². The van der Waals surface area contributed by atoms with E-state index < -0.39 is 18.2 Å². The van der Waals surface area contributed by atoms with E-state index in [0.29, 0.717) is 19.3 Å². The molecule has 376 valence electrons. The summed E-state index contributed by atoms with van der Waals surface area (Å²) in [5.41, 5.74) is 0. The number of hydrogen-bond acceptors (Lipinski definition) is 5. The molecular weight excluding hydrogens is 803 g/mol. The van der Waals surface area contributed by atoms with Gasteiger partial charge in [0.15, 0.2) is 0 Å². The molecule has 0 heterocycles. The molecule has 0 aromatic carbocycles. The van der Waals surface area contributed by atoms with Crippen molar-refractivity contribution >= 4 is 11.9 Å². The van der Waals surface area contributed by atoms with Crippen LogP contribution in [0.2, 0.25) is 0 Å². The number of hydrogen-bond donors (Lipinski definition) is 3. The number of rotatable bonds is 49. The molecule has 0 aromatic heterocycles. The van der Waals surface area contributed by atoms with Crippen molar-refractivity contribution in [3.63, 3.8) is 0 Å². The monoisotopic (exact) mass is 908 g/mol. The Morgan fingerprint density at radius 1 is 0.462 bits per heavy atom. The molecule has 0 aliphatic rings. The maximum Gasteiger partial charge on any atom is 0.306 e. The number of amides is 1. The van der Waals surface area contributed by atoms with Crippen molar-refractivity contribution in [2.45, 2.75) is 283 Å². The van der Waals surface area contributed by atoms with E-state index >= 15 is 0 Å². The van der Waals surface area contributed by atoms with Gasteiger partial charge in [-0.05, 0) is 38.5 Å². The van der Waals surface area contributed by atoms with Crippen LogP contribution in [0.5, 0.6) is 0 Å². The third-order valence-electron chi connectivity index (χ3n) is 12.5. The number of aliphatic hydroxyl groups excluding tert-OH is 2. The van der Waals surface area contributed by atoms with Crippen LogP contribution in [0, 0.1) is 0 Å². The highest BCUT2D eigenvalue weighted by Crippen LogP contribution is 2.18. The van der Waals surface area contributed by atoms with Crippen molar-refractivity contribution in [3.8, 4) is 0 Å². The SMILES string of the molecule is CC\C=C/C=C/C=C/C=C\C=C\C=C\CCCC(CC(=O)NC(CO)C(O)CCCCCCCCCCCCCCCCCC)OC(=O)CCCCCCCCCCCCCCCCC. The summed E-state index contributed by atoms with van der Waals surface area (Å²) >= 11 is 0. The number of aliphatic hydroxyl groups is 2. The average Bonchev–Trinajstić information content (AvgIpc) is 3.30. The van der Waals surface area contributed by atoms with Gasteiger partial charge in [-0.3, -0.25) is 9.59 Å². The Labute approximate surface area is 402 Å². The number of unbranched alkanes of at least 4 members (excludes halogenated alkanes) is 30. The van der Waals surface area contributed by atoms with Crippen LogP contribution in [-0.2, 0) is 14.3 Å². The van der Waals surface area contributed by atoms with Gasteiger partial charge in [-0.15, -0.1) is 0 Å². The van der Waals surface area contributed by atoms with Gasteiger partial charge >= 0.3 is 5.97 Å². The Bertz CT molecular complexity index is 1200. The maximum absolute atomic E-state index is 13.2. The van der Waals surface area contributed by atoms with Crippen molar-refractivity contribution in [3.05, 3.63) is 72.9 Å². The third kappa shape index (κ3) is 47.6. The molecule has 0 spiro atoms. The Balaban J connectivity index is 4.65.